The number of thiocyanates is 1. The standard InChI is InChI=1S/4C4H9.CHNS.H2O.O.2Sn/c4*1-3-4-2;2-1-3;;;;/h4*1,3-4H2,2H3;3H;1H2;;;/q;;;;;;;;+1/p-1. The summed E-state index contributed by atoms with van der Waals surface area (Å²) < 4.78 is 12.4. The molecule has 0 amide bonds. The van der Waals surface area contributed by atoms with Crippen LogP contribution in [0.1, 0.15) is 79.1 Å². The summed E-state index contributed by atoms with van der Waals surface area (Å²) in [5.74, 6) is 0. The number of nitriles is 1. The molecule has 0 unspecified atom stereocenters. The van der Waals surface area contributed by atoms with E-state index in [-0.39, 0.29) is 5.48 Å². The maximum absolute atomic E-state index is 9.37. The van der Waals surface area contributed by atoms with Gasteiger partial charge in [-0.05, 0) is 0 Å². The third-order valence-electron chi connectivity index (χ3n) is 4.00. The second-order valence-electron chi connectivity index (χ2n) is 6.16. The molecule has 0 heterocycles. The number of hydrogen-bond acceptors (Lipinski definition) is 3. The van der Waals surface area contributed by atoms with Gasteiger partial charge in [0.05, 0.1) is 0 Å². The van der Waals surface area contributed by atoms with E-state index in [9.17, 15) is 5.26 Å². The predicted octanol–water partition coefficient (Wildman–Crippen LogP) is 6.03. The van der Waals surface area contributed by atoms with E-state index in [4.69, 9.17) is 1.41 Å². The molecule has 6 heteroatoms. The van der Waals surface area contributed by atoms with E-state index >= 15 is 0 Å². The molecule has 0 fully saturated rings. The predicted molar refractivity (Wildman–Crippen MR) is 108 cm³/mol. The van der Waals surface area contributed by atoms with E-state index < -0.39 is 37.6 Å². The van der Waals surface area contributed by atoms with Crippen molar-refractivity contribution >= 4 is 46.5 Å². The van der Waals surface area contributed by atoms with Gasteiger partial charge in [0.1, 0.15) is 0 Å². The van der Waals surface area contributed by atoms with Gasteiger partial charge in [-0.2, -0.15) is 0 Å². The molecule has 0 saturated heterocycles. The molecule has 0 aromatic heterocycles. The molecule has 23 heavy (non-hydrogen) atoms. The third-order valence-corrected chi connectivity index (χ3v) is 41.0. The fraction of sp³-hybridized carbons (Fsp3) is 0.941. The van der Waals surface area contributed by atoms with Crippen LogP contribution in [0.25, 0.3) is 0 Å². The Bertz CT molecular complexity index is 285. The van der Waals surface area contributed by atoms with Gasteiger partial charge in [0.15, 0.2) is 0 Å². The molecule has 0 aliphatic rings. The number of rotatable bonds is 15. The van der Waals surface area contributed by atoms with Crippen molar-refractivity contribution in [2.24, 2.45) is 0 Å². The molecular formula is C17H38NO2SSn2. The van der Waals surface area contributed by atoms with Crippen LogP contribution < -0.4 is 0 Å². The molecule has 0 aromatic carbocycles. The van der Waals surface area contributed by atoms with Gasteiger partial charge < -0.3 is 5.48 Å². The first-order valence-electron chi connectivity index (χ1n) is 9.28. The van der Waals surface area contributed by atoms with E-state index in [1.165, 1.54) is 69.1 Å². The van der Waals surface area contributed by atoms with Crippen molar-refractivity contribution in [2.45, 2.75) is 96.8 Å². The number of unbranched alkanes of at least 4 members (excludes halogenated alkanes) is 4. The summed E-state index contributed by atoms with van der Waals surface area (Å²) in [6.07, 6.45) is 10.3. The Balaban J connectivity index is 0. The molecule has 0 aliphatic heterocycles. The van der Waals surface area contributed by atoms with Crippen LogP contribution >= 0.6 is 8.95 Å². The minimum atomic E-state index is -2.71. The molecule has 0 spiro atoms. The zero-order valence-electron chi connectivity index (χ0n) is 15.7. The van der Waals surface area contributed by atoms with E-state index in [1.54, 1.807) is 8.95 Å². The fourth-order valence-corrected chi connectivity index (χ4v) is 47.5. The number of nitrogens with zero attached hydrogens (tertiary/aromatic N) is 1. The normalized spacial score (nSPS) is 11.3. The van der Waals surface area contributed by atoms with E-state index in [2.05, 4.69) is 33.1 Å². The Hall–Kier alpha value is 1.36. The van der Waals surface area contributed by atoms with Gasteiger partial charge in [0, 0.05) is 0 Å². The van der Waals surface area contributed by atoms with Crippen LogP contribution in [0, 0.1) is 10.7 Å². The van der Waals surface area contributed by atoms with Crippen LogP contribution in [-0.2, 0) is 1.41 Å². The number of hydrogen-bond donors (Lipinski definition) is 0. The summed E-state index contributed by atoms with van der Waals surface area (Å²) in [6, 6.07) is 0. The summed E-state index contributed by atoms with van der Waals surface area (Å²) in [7, 11) is 1.64. The summed E-state index contributed by atoms with van der Waals surface area (Å²) in [4.78, 5) is 0. The molecule has 0 atom stereocenters. The Kier molecular flexibility index (Phi) is 21.0. The molecule has 1 radical (unpaired) electrons. The molecular weight excluding hydrogens is 520 g/mol. The molecule has 0 bridgehead atoms. The van der Waals surface area contributed by atoms with Gasteiger partial charge in [-0.15, -0.1) is 0 Å². The summed E-state index contributed by atoms with van der Waals surface area (Å²) in [5.41, 5.74) is 0. The van der Waals surface area contributed by atoms with Gasteiger partial charge in [0.2, 0.25) is 0 Å². The zero-order valence-corrected chi connectivity index (χ0v) is 22.3. The zero-order chi connectivity index (χ0) is 16.7. The summed E-state index contributed by atoms with van der Waals surface area (Å²) >= 11 is -4.43. The van der Waals surface area contributed by atoms with Gasteiger partial charge in [0.25, 0.3) is 0 Å². The van der Waals surface area contributed by atoms with Gasteiger partial charge in [-0.25, -0.2) is 0 Å². The second kappa shape index (κ2) is 18.2. The average Bonchev–Trinajstić information content (AvgIpc) is 2.53. The van der Waals surface area contributed by atoms with Crippen LogP contribution in [0.4, 0.5) is 0 Å². The molecule has 3 nitrogen and oxygen atoms in total. The minimum Gasteiger partial charge on any atom is -0.412 e. The quantitative estimate of drug-likeness (QED) is 0.182. The molecule has 0 rings (SSSR count). The molecule has 0 saturated carbocycles. The van der Waals surface area contributed by atoms with Crippen LogP contribution in [0.2, 0.25) is 17.7 Å². The second-order valence-corrected chi connectivity index (χ2v) is 31.8. The molecule has 0 aromatic rings. The maximum atomic E-state index is 9.37. The van der Waals surface area contributed by atoms with E-state index in [0.29, 0.717) is 0 Å². The van der Waals surface area contributed by atoms with E-state index in [0.717, 1.165) is 0 Å². The Morgan fingerprint density at radius 1 is 0.870 bits per heavy atom. The third kappa shape index (κ3) is 13.2. The van der Waals surface area contributed by atoms with Gasteiger partial charge in [-0.1, -0.05) is 0 Å². The summed E-state index contributed by atoms with van der Waals surface area (Å²) in [6.45, 7) is 9.10. The Morgan fingerprint density at radius 3 is 1.65 bits per heavy atom. The SMILES string of the molecule is CCC[CH2][Sn]([CH2]CCC)[O][Sn]([CH2]CCC)([CH2]CCC)[S]C#N.O. The molecule has 2 N–H and O–H groups in total. The average molecular weight is 558 g/mol. The minimum absolute atomic E-state index is 0. The van der Waals surface area contributed by atoms with Crippen molar-refractivity contribution in [3.05, 3.63) is 0 Å². The van der Waals surface area contributed by atoms with Crippen molar-refractivity contribution in [1.29, 1.82) is 5.26 Å². The first-order chi connectivity index (χ1) is 10.7. The smallest absolute Gasteiger partial charge is 0.412 e. The first-order valence-corrected chi connectivity index (χ1v) is 24.0. The first kappa shape index (κ1) is 26.6. The van der Waals surface area contributed by atoms with Crippen molar-refractivity contribution in [2.75, 3.05) is 0 Å². The van der Waals surface area contributed by atoms with Crippen molar-refractivity contribution in [3.8, 4) is 5.40 Å². The topological polar surface area (TPSA) is 64.5 Å². The molecule has 137 valence electrons. The van der Waals surface area contributed by atoms with Crippen molar-refractivity contribution < 1.29 is 6.89 Å². The van der Waals surface area contributed by atoms with Crippen molar-refractivity contribution in [1.82, 2.24) is 0 Å². The molecule has 0 aliphatic carbocycles. The van der Waals surface area contributed by atoms with Crippen LogP contribution in [-0.4, -0.2) is 43.1 Å². The monoisotopic (exact) mass is 560 g/mol. The Morgan fingerprint density at radius 2 is 1.30 bits per heavy atom. The van der Waals surface area contributed by atoms with E-state index in [1.807, 2.05) is 0 Å². The van der Waals surface area contributed by atoms with Gasteiger partial charge >= 0.3 is 155 Å². The Labute approximate surface area is 159 Å². The largest absolute Gasteiger partial charge is 0.412 e. The van der Waals surface area contributed by atoms with Crippen LogP contribution in [0.15, 0.2) is 0 Å². The van der Waals surface area contributed by atoms with Crippen molar-refractivity contribution in [3.63, 3.8) is 0 Å². The van der Waals surface area contributed by atoms with Gasteiger partial charge in [-0.3, -0.25) is 0 Å². The summed E-state index contributed by atoms with van der Waals surface area (Å²) in [5, 5.41) is 11.8. The fourth-order valence-electron chi connectivity index (χ4n) is 2.56. The van der Waals surface area contributed by atoms with Crippen LogP contribution in [0.5, 0.6) is 0 Å². The van der Waals surface area contributed by atoms with Crippen LogP contribution in [0.3, 0.4) is 0 Å². The maximum Gasteiger partial charge on any atom is -0.412 e.